The molecule has 0 aliphatic heterocycles. The highest BCUT2D eigenvalue weighted by Crippen LogP contribution is 2.63. The molecule has 3 atom stereocenters. The molecule has 0 N–H and O–H groups in total. The lowest BCUT2D eigenvalue weighted by atomic mass is 9.86. The van der Waals surface area contributed by atoms with Crippen LogP contribution in [-0.4, -0.2) is 20.9 Å². The average Bonchev–Trinajstić information content (AvgIpc) is 3.42. The molecule has 0 spiro atoms. The van der Waals surface area contributed by atoms with Gasteiger partial charge in [0, 0.05) is 11.8 Å². The zero-order valence-electron chi connectivity index (χ0n) is 16.7. The molecule has 3 aromatic rings. The van der Waals surface area contributed by atoms with Crippen LogP contribution in [0.5, 0.6) is 0 Å². The largest absolute Gasteiger partial charge is 0.222 e. The fraction of sp³-hybridized carbons (Fsp3) is 0.200. The van der Waals surface area contributed by atoms with Crippen molar-refractivity contribution in [2.24, 2.45) is 11.8 Å². The van der Waals surface area contributed by atoms with Crippen molar-refractivity contribution in [3.05, 3.63) is 109 Å². The maximum atomic E-state index is 14.3. The quantitative estimate of drug-likeness (QED) is 0.532. The first-order valence-electron chi connectivity index (χ1n) is 10.2. The van der Waals surface area contributed by atoms with Crippen molar-refractivity contribution in [3.8, 4) is 0 Å². The molecule has 2 bridgehead atoms. The summed E-state index contributed by atoms with van der Waals surface area (Å²) >= 11 is 0. The van der Waals surface area contributed by atoms with E-state index in [1.165, 1.54) is 24.3 Å². The Labute approximate surface area is 183 Å². The third kappa shape index (κ3) is 2.71. The van der Waals surface area contributed by atoms with Crippen molar-refractivity contribution in [1.82, 2.24) is 0 Å². The Bertz CT molecular complexity index is 1260. The van der Waals surface area contributed by atoms with E-state index in [1.54, 1.807) is 42.5 Å². The predicted molar refractivity (Wildman–Crippen MR) is 120 cm³/mol. The number of hydrogen-bond donors (Lipinski definition) is 0. The van der Waals surface area contributed by atoms with Gasteiger partial charge in [0.05, 0.1) is 9.79 Å². The van der Waals surface area contributed by atoms with Gasteiger partial charge in [0.1, 0.15) is 0 Å². The second kappa shape index (κ2) is 7.18. The molecule has 1 saturated carbocycles. The second-order valence-corrected chi connectivity index (χ2v) is 12.7. The van der Waals surface area contributed by atoms with Crippen molar-refractivity contribution in [1.29, 1.82) is 0 Å². The zero-order chi connectivity index (χ0) is 21.7. The molecule has 0 heterocycles. The van der Waals surface area contributed by atoms with Gasteiger partial charge < -0.3 is 0 Å². The van der Waals surface area contributed by atoms with Crippen LogP contribution >= 0.6 is 0 Å². The van der Waals surface area contributed by atoms with Crippen LogP contribution in [0.25, 0.3) is 0 Å². The Morgan fingerprint density at radius 1 is 0.613 bits per heavy atom. The van der Waals surface area contributed by atoms with Gasteiger partial charge in [-0.2, -0.15) is 0 Å². The molecular weight excluding hydrogens is 428 g/mol. The maximum absolute atomic E-state index is 14.3. The van der Waals surface area contributed by atoms with E-state index >= 15 is 0 Å². The van der Waals surface area contributed by atoms with E-state index in [2.05, 4.69) is 0 Å². The fourth-order valence-corrected chi connectivity index (χ4v) is 11.3. The van der Waals surface area contributed by atoms with E-state index in [-0.39, 0.29) is 15.7 Å². The number of rotatable bonds is 5. The monoisotopic (exact) mass is 450 g/mol. The Morgan fingerprint density at radius 2 is 1.06 bits per heavy atom. The first kappa shape index (κ1) is 20.2. The summed E-state index contributed by atoms with van der Waals surface area (Å²) in [5.41, 5.74) is 0.735. The molecule has 5 rings (SSSR count). The van der Waals surface area contributed by atoms with Gasteiger partial charge in [-0.15, -0.1) is 0 Å². The highest BCUT2D eigenvalue weighted by atomic mass is 32.3. The summed E-state index contributed by atoms with van der Waals surface area (Å²) < 4.78 is 55.3. The molecule has 31 heavy (non-hydrogen) atoms. The van der Waals surface area contributed by atoms with Gasteiger partial charge in [-0.05, 0) is 42.2 Å². The van der Waals surface area contributed by atoms with Gasteiger partial charge in [-0.1, -0.05) is 78.9 Å². The summed E-state index contributed by atoms with van der Waals surface area (Å²) in [7, 11) is -8.55. The molecular formula is C25H22O4S2. The van der Waals surface area contributed by atoms with Gasteiger partial charge in [-0.3, -0.25) is 0 Å². The maximum Gasteiger partial charge on any atom is 0.200 e. The summed E-state index contributed by atoms with van der Waals surface area (Å²) in [5, 5.41) is 0. The van der Waals surface area contributed by atoms with E-state index in [4.69, 9.17) is 0 Å². The van der Waals surface area contributed by atoms with Crippen molar-refractivity contribution >= 4 is 19.7 Å². The zero-order valence-corrected chi connectivity index (χ0v) is 18.3. The van der Waals surface area contributed by atoms with E-state index < -0.39 is 35.6 Å². The van der Waals surface area contributed by atoms with E-state index in [1.807, 2.05) is 36.4 Å². The van der Waals surface area contributed by atoms with Crippen LogP contribution < -0.4 is 0 Å². The molecule has 4 nitrogen and oxygen atoms in total. The summed E-state index contributed by atoms with van der Waals surface area (Å²) in [4.78, 5) is 0.0766. The van der Waals surface area contributed by atoms with Crippen LogP contribution in [0.1, 0.15) is 17.9 Å². The van der Waals surface area contributed by atoms with Gasteiger partial charge in [-0.25, -0.2) is 16.8 Å². The Kier molecular flexibility index (Phi) is 4.68. The molecule has 2 aliphatic rings. The highest BCUT2D eigenvalue weighted by molar-refractivity contribution is 8.10. The first-order chi connectivity index (χ1) is 14.9. The number of sulfone groups is 2. The summed E-state index contributed by atoms with van der Waals surface area (Å²) in [5.74, 6) is -1.48. The molecule has 0 radical (unpaired) electrons. The Balaban J connectivity index is 1.88. The van der Waals surface area contributed by atoms with E-state index in [0.29, 0.717) is 6.42 Å². The van der Waals surface area contributed by atoms with Crippen LogP contribution in [0.3, 0.4) is 0 Å². The molecule has 0 saturated heterocycles. The first-order valence-corrected chi connectivity index (χ1v) is 13.2. The standard InChI is InChI=1S/C25H22O4S2/c26-30(27,22-12-6-2-7-13-22)25(31(28,29)23-14-8-3-9-15-23)21-17-16-20(18-21)24(25)19-10-4-1-5-11-19/h1-17,20-21,24H,18H2/t20-,21+,24+/m1/s1. The van der Waals surface area contributed by atoms with Crippen LogP contribution in [-0.2, 0) is 19.7 Å². The van der Waals surface area contributed by atoms with Crippen LogP contribution in [0.2, 0.25) is 0 Å². The van der Waals surface area contributed by atoms with Crippen molar-refractivity contribution in [2.45, 2.75) is 26.2 Å². The molecule has 1 fully saturated rings. The molecule has 0 amide bonds. The molecule has 158 valence electrons. The molecule has 3 aromatic carbocycles. The SMILES string of the molecule is O=S(=O)(c1ccccc1)C1(S(=O)(=O)c2ccccc2)[C@H]2C=C[C@H](C2)[C@@H]1c1ccccc1. The average molecular weight is 451 g/mol. The van der Waals surface area contributed by atoms with Crippen molar-refractivity contribution < 1.29 is 16.8 Å². The Hall–Kier alpha value is -2.70. The number of fused-ring (bicyclic) bond motifs is 2. The minimum absolute atomic E-state index is 0.0383. The van der Waals surface area contributed by atoms with Crippen molar-refractivity contribution in [3.63, 3.8) is 0 Å². The lowest BCUT2D eigenvalue weighted by Crippen LogP contribution is -2.54. The van der Waals surface area contributed by atoms with Gasteiger partial charge in [0.2, 0.25) is 0 Å². The normalized spacial score (nSPS) is 24.3. The highest BCUT2D eigenvalue weighted by Gasteiger charge is 2.71. The van der Waals surface area contributed by atoms with Gasteiger partial charge >= 0.3 is 0 Å². The van der Waals surface area contributed by atoms with Gasteiger partial charge in [0.25, 0.3) is 0 Å². The van der Waals surface area contributed by atoms with E-state index in [0.717, 1.165) is 5.56 Å². The minimum atomic E-state index is -4.27. The van der Waals surface area contributed by atoms with Crippen molar-refractivity contribution in [2.75, 3.05) is 0 Å². The number of allylic oxidation sites excluding steroid dienone is 2. The van der Waals surface area contributed by atoms with Crippen LogP contribution in [0, 0.1) is 11.8 Å². The summed E-state index contributed by atoms with van der Waals surface area (Å²) in [6.07, 6.45) is 4.28. The lowest BCUT2D eigenvalue weighted by molar-refractivity contribution is 0.474. The molecule has 2 aliphatic carbocycles. The van der Waals surface area contributed by atoms with Crippen LogP contribution in [0.15, 0.2) is 113 Å². The Morgan fingerprint density at radius 3 is 1.55 bits per heavy atom. The van der Waals surface area contributed by atoms with Crippen LogP contribution in [0.4, 0.5) is 0 Å². The third-order valence-corrected chi connectivity index (χ3v) is 12.5. The minimum Gasteiger partial charge on any atom is -0.222 e. The molecule has 6 heteroatoms. The number of hydrogen-bond acceptors (Lipinski definition) is 4. The topological polar surface area (TPSA) is 68.3 Å². The molecule has 0 aromatic heterocycles. The third-order valence-electron chi connectivity index (χ3n) is 6.60. The smallest absolute Gasteiger partial charge is 0.200 e. The van der Waals surface area contributed by atoms with E-state index in [9.17, 15) is 16.8 Å². The lowest BCUT2D eigenvalue weighted by Gasteiger charge is -2.40. The number of benzene rings is 3. The second-order valence-electron chi connectivity index (χ2n) is 8.13. The predicted octanol–water partition coefficient (Wildman–Crippen LogP) is 4.62. The summed E-state index contributed by atoms with van der Waals surface area (Å²) in [6.45, 7) is 0. The fourth-order valence-electron chi connectivity index (χ4n) is 5.39. The molecule has 0 unspecified atom stereocenters. The van der Waals surface area contributed by atoms with Gasteiger partial charge in [0.15, 0.2) is 23.8 Å². The summed E-state index contributed by atoms with van der Waals surface area (Å²) in [6, 6.07) is 25.2.